The van der Waals surface area contributed by atoms with Gasteiger partial charge >= 0.3 is 6.18 Å². The van der Waals surface area contributed by atoms with Crippen molar-refractivity contribution < 1.29 is 31.1 Å². The lowest BCUT2D eigenvalue weighted by Crippen LogP contribution is -2.23. The molecule has 152 valence electrons. The standard InChI is InChI=1S/C17H16BrF3N2O4S/c1-23(2)28(25,26)15-8-10(4-7-14(15)27-3)16(24)22-11-5-6-13(18)12(9-11)17(19,20)21/h4-9H,1-3H3,(H,22,24). The summed E-state index contributed by atoms with van der Waals surface area (Å²) >= 11 is 2.82. The van der Waals surface area contributed by atoms with Gasteiger partial charge in [-0.15, -0.1) is 0 Å². The fourth-order valence-corrected chi connectivity index (χ4v) is 3.79. The molecule has 2 aromatic rings. The summed E-state index contributed by atoms with van der Waals surface area (Å²) in [6, 6.07) is 6.95. The molecule has 0 unspecified atom stereocenters. The number of nitrogens with zero attached hydrogens (tertiary/aromatic N) is 1. The average molecular weight is 481 g/mol. The van der Waals surface area contributed by atoms with Gasteiger partial charge < -0.3 is 10.1 Å². The third-order valence-electron chi connectivity index (χ3n) is 3.71. The number of amides is 1. The van der Waals surface area contributed by atoms with E-state index in [2.05, 4.69) is 21.2 Å². The van der Waals surface area contributed by atoms with Crippen LogP contribution < -0.4 is 10.1 Å². The normalized spacial score (nSPS) is 12.1. The highest BCUT2D eigenvalue weighted by molar-refractivity contribution is 9.10. The first-order valence-corrected chi connectivity index (χ1v) is 9.90. The molecule has 0 radical (unpaired) electrons. The molecular formula is C17H16BrF3N2O4S. The Bertz CT molecular complexity index is 1010. The number of halogens is 4. The number of nitrogens with one attached hydrogen (secondary N) is 1. The van der Waals surface area contributed by atoms with Gasteiger partial charge in [-0.25, -0.2) is 12.7 Å². The molecule has 11 heteroatoms. The van der Waals surface area contributed by atoms with E-state index >= 15 is 0 Å². The van der Waals surface area contributed by atoms with Crippen LogP contribution >= 0.6 is 15.9 Å². The number of benzene rings is 2. The molecule has 2 rings (SSSR count). The first-order valence-electron chi connectivity index (χ1n) is 7.66. The van der Waals surface area contributed by atoms with Gasteiger partial charge in [0.25, 0.3) is 5.91 Å². The third kappa shape index (κ3) is 4.65. The number of hydrogen-bond donors (Lipinski definition) is 1. The van der Waals surface area contributed by atoms with Gasteiger partial charge in [0.1, 0.15) is 10.6 Å². The zero-order valence-electron chi connectivity index (χ0n) is 15.0. The second-order valence-corrected chi connectivity index (χ2v) is 8.77. The molecule has 0 heterocycles. The van der Waals surface area contributed by atoms with Crippen molar-refractivity contribution >= 4 is 37.5 Å². The summed E-state index contributed by atoms with van der Waals surface area (Å²) in [6.45, 7) is 0. The number of carbonyl (C=O) groups is 1. The maximum Gasteiger partial charge on any atom is 0.417 e. The largest absolute Gasteiger partial charge is 0.495 e. The summed E-state index contributed by atoms with van der Waals surface area (Å²) in [5, 5.41) is 2.33. The van der Waals surface area contributed by atoms with Gasteiger partial charge in [-0.3, -0.25) is 4.79 Å². The fourth-order valence-electron chi connectivity index (χ4n) is 2.24. The van der Waals surface area contributed by atoms with Crippen LogP contribution in [-0.4, -0.2) is 39.8 Å². The van der Waals surface area contributed by atoms with E-state index in [1.165, 1.54) is 39.4 Å². The summed E-state index contributed by atoms with van der Waals surface area (Å²) in [4.78, 5) is 12.2. The molecule has 0 saturated carbocycles. The lowest BCUT2D eigenvalue weighted by molar-refractivity contribution is -0.138. The van der Waals surface area contributed by atoms with Crippen molar-refractivity contribution in [2.45, 2.75) is 11.1 Å². The van der Waals surface area contributed by atoms with Crippen molar-refractivity contribution in [2.24, 2.45) is 0 Å². The minimum atomic E-state index is -4.60. The number of rotatable bonds is 5. The molecule has 0 atom stereocenters. The number of anilines is 1. The van der Waals surface area contributed by atoms with E-state index in [1.54, 1.807) is 0 Å². The summed E-state index contributed by atoms with van der Waals surface area (Å²) in [5.74, 6) is -0.735. The number of ether oxygens (including phenoxy) is 1. The van der Waals surface area contributed by atoms with Crippen LogP contribution in [0.5, 0.6) is 5.75 Å². The Morgan fingerprint density at radius 2 is 1.79 bits per heavy atom. The minimum absolute atomic E-state index is 0.0354. The molecule has 2 aromatic carbocycles. The Hall–Kier alpha value is -2.11. The van der Waals surface area contributed by atoms with Crippen molar-refractivity contribution in [1.82, 2.24) is 4.31 Å². The van der Waals surface area contributed by atoms with E-state index in [0.29, 0.717) is 0 Å². The van der Waals surface area contributed by atoms with Crippen LogP contribution in [0, 0.1) is 0 Å². The number of hydrogen-bond acceptors (Lipinski definition) is 4. The van der Waals surface area contributed by atoms with Crippen LogP contribution in [0.3, 0.4) is 0 Å². The molecule has 0 aromatic heterocycles. The van der Waals surface area contributed by atoms with Gasteiger partial charge in [0.2, 0.25) is 10.0 Å². The number of alkyl halides is 3. The van der Waals surface area contributed by atoms with Crippen LogP contribution in [-0.2, 0) is 16.2 Å². The predicted molar refractivity (Wildman–Crippen MR) is 101 cm³/mol. The fraction of sp³-hybridized carbons (Fsp3) is 0.235. The molecule has 0 fully saturated rings. The summed E-state index contributed by atoms with van der Waals surface area (Å²) in [7, 11) is 0.0180. The Kier molecular flexibility index (Phi) is 6.41. The molecule has 0 bridgehead atoms. The van der Waals surface area contributed by atoms with Crippen molar-refractivity contribution in [3.8, 4) is 5.75 Å². The predicted octanol–water partition coefficient (Wildman–Crippen LogP) is 3.98. The average Bonchev–Trinajstić information content (AvgIpc) is 2.61. The first-order chi connectivity index (χ1) is 12.9. The molecule has 28 heavy (non-hydrogen) atoms. The number of sulfonamides is 1. The summed E-state index contributed by atoms with van der Waals surface area (Å²) in [6.07, 6.45) is -4.60. The molecule has 1 amide bonds. The van der Waals surface area contributed by atoms with E-state index in [0.717, 1.165) is 22.5 Å². The molecule has 0 aliphatic rings. The van der Waals surface area contributed by atoms with Crippen molar-refractivity contribution in [3.63, 3.8) is 0 Å². The van der Waals surface area contributed by atoms with Crippen LogP contribution in [0.1, 0.15) is 15.9 Å². The zero-order valence-corrected chi connectivity index (χ0v) is 17.4. The Morgan fingerprint density at radius 1 is 1.14 bits per heavy atom. The number of methoxy groups -OCH3 is 1. The maximum atomic E-state index is 13.0. The molecule has 0 saturated heterocycles. The molecule has 6 nitrogen and oxygen atoms in total. The van der Waals surface area contributed by atoms with Gasteiger partial charge in [-0.05, 0) is 36.4 Å². The first kappa shape index (κ1) is 22.2. The Morgan fingerprint density at radius 3 is 2.32 bits per heavy atom. The highest BCUT2D eigenvalue weighted by Crippen LogP contribution is 2.36. The van der Waals surface area contributed by atoms with E-state index < -0.39 is 27.7 Å². The zero-order chi connectivity index (χ0) is 21.3. The van der Waals surface area contributed by atoms with Crippen molar-refractivity contribution in [2.75, 3.05) is 26.5 Å². The smallest absolute Gasteiger partial charge is 0.417 e. The van der Waals surface area contributed by atoms with Gasteiger partial charge in [0.05, 0.1) is 12.7 Å². The highest BCUT2D eigenvalue weighted by Gasteiger charge is 2.33. The van der Waals surface area contributed by atoms with Crippen LogP contribution in [0.15, 0.2) is 45.8 Å². The van der Waals surface area contributed by atoms with Gasteiger partial charge in [0.15, 0.2) is 0 Å². The van der Waals surface area contributed by atoms with Gasteiger partial charge in [-0.1, -0.05) is 15.9 Å². The number of carbonyl (C=O) groups excluding carboxylic acids is 1. The third-order valence-corrected chi connectivity index (χ3v) is 6.24. The van der Waals surface area contributed by atoms with Gasteiger partial charge in [0, 0.05) is 29.8 Å². The second-order valence-electron chi connectivity index (χ2n) is 5.80. The SMILES string of the molecule is COc1ccc(C(=O)Nc2ccc(Br)c(C(F)(F)F)c2)cc1S(=O)(=O)N(C)C. The molecular weight excluding hydrogens is 465 g/mol. The van der Waals surface area contributed by atoms with Crippen molar-refractivity contribution in [1.29, 1.82) is 0 Å². The van der Waals surface area contributed by atoms with Crippen LogP contribution in [0.25, 0.3) is 0 Å². The van der Waals surface area contributed by atoms with E-state index in [9.17, 15) is 26.4 Å². The molecule has 1 N–H and O–H groups in total. The Balaban J connectivity index is 2.41. The van der Waals surface area contributed by atoms with Gasteiger partial charge in [-0.2, -0.15) is 13.2 Å². The highest BCUT2D eigenvalue weighted by atomic mass is 79.9. The maximum absolute atomic E-state index is 13.0. The minimum Gasteiger partial charge on any atom is -0.495 e. The van der Waals surface area contributed by atoms with E-state index in [1.807, 2.05) is 0 Å². The molecule has 0 aliphatic heterocycles. The Labute approximate surface area is 168 Å². The van der Waals surface area contributed by atoms with Crippen molar-refractivity contribution in [3.05, 3.63) is 52.0 Å². The lowest BCUT2D eigenvalue weighted by atomic mass is 10.1. The van der Waals surface area contributed by atoms with E-state index in [4.69, 9.17) is 4.74 Å². The summed E-state index contributed by atoms with van der Waals surface area (Å²) < 4.78 is 69.7. The van der Waals surface area contributed by atoms with E-state index in [-0.39, 0.29) is 26.4 Å². The summed E-state index contributed by atoms with van der Waals surface area (Å²) in [5.41, 5.74) is -1.10. The second kappa shape index (κ2) is 8.10. The van der Waals surface area contributed by atoms with Crippen LogP contribution in [0.2, 0.25) is 0 Å². The van der Waals surface area contributed by atoms with Crippen LogP contribution in [0.4, 0.5) is 18.9 Å². The monoisotopic (exact) mass is 480 g/mol. The molecule has 0 aliphatic carbocycles. The lowest BCUT2D eigenvalue weighted by Gasteiger charge is -2.16. The quantitative estimate of drug-likeness (QED) is 0.702. The molecule has 0 spiro atoms. The topological polar surface area (TPSA) is 75.7 Å².